The first kappa shape index (κ1) is 13.5. The lowest BCUT2D eigenvalue weighted by atomic mass is 10.0. The van der Waals surface area contributed by atoms with Crippen molar-refractivity contribution in [3.8, 4) is 0 Å². The van der Waals surface area contributed by atoms with Gasteiger partial charge in [0.05, 0.1) is 6.04 Å². The van der Waals surface area contributed by atoms with Gasteiger partial charge in [-0.3, -0.25) is 0 Å². The summed E-state index contributed by atoms with van der Waals surface area (Å²) in [5, 5.41) is 3.02. The minimum atomic E-state index is -0.448. The third-order valence-corrected chi connectivity index (χ3v) is 2.89. The first-order valence-corrected chi connectivity index (χ1v) is 6.00. The topological polar surface area (TPSA) is 37.8 Å². The molecule has 19 heavy (non-hydrogen) atoms. The fraction of sp³-hybridized carbons (Fsp3) is 0.286. The third kappa shape index (κ3) is 3.32. The summed E-state index contributed by atoms with van der Waals surface area (Å²) < 4.78 is 26.7. The molecular formula is C14H15F2N3. The van der Waals surface area contributed by atoms with Crippen molar-refractivity contribution < 1.29 is 8.78 Å². The largest absolute Gasteiger partial charge is 0.310 e. The van der Waals surface area contributed by atoms with Gasteiger partial charge >= 0.3 is 0 Å². The molecule has 0 radical (unpaired) electrons. The van der Waals surface area contributed by atoms with Crippen molar-refractivity contribution in [2.45, 2.75) is 19.4 Å². The molecule has 0 saturated heterocycles. The number of nitrogens with zero attached hydrogens (tertiary/aromatic N) is 2. The van der Waals surface area contributed by atoms with Gasteiger partial charge in [0.15, 0.2) is 0 Å². The minimum absolute atomic E-state index is 0.253. The zero-order chi connectivity index (χ0) is 13.8. The van der Waals surface area contributed by atoms with Crippen molar-refractivity contribution in [1.82, 2.24) is 15.3 Å². The maximum Gasteiger partial charge on any atom is 0.145 e. The van der Waals surface area contributed by atoms with Crippen LogP contribution in [0.3, 0.4) is 0 Å². The highest BCUT2D eigenvalue weighted by molar-refractivity contribution is 5.21. The molecule has 0 aliphatic carbocycles. The summed E-state index contributed by atoms with van der Waals surface area (Å²) in [6, 6.07) is 3.19. The smallest absolute Gasteiger partial charge is 0.145 e. The van der Waals surface area contributed by atoms with Crippen LogP contribution >= 0.6 is 0 Å². The zero-order valence-corrected chi connectivity index (χ0v) is 10.8. The quantitative estimate of drug-likeness (QED) is 0.921. The van der Waals surface area contributed by atoms with Gasteiger partial charge in [0.25, 0.3) is 0 Å². The monoisotopic (exact) mass is 263 g/mol. The fourth-order valence-electron chi connectivity index (χ4n) is 1.82. The highest BCUT2D eigenvalue weighted by atomic mass is 19.1. The summed E-state index contributed by atoms with van der Waals surface area (Å²) >= 11 is 0. The lowest BCUT2D eigenvalue weighted by Gasteiger charge is -2.15. The Hall–Kier alpha value is -1.88. The molecule has 1 unspecified atom stereocenters. The van der Waals surface area contributed by atoms with E-state index < -0.39 is 11.6 Å². The Labute approximate surface area is 110 Å². The molecule has 2 rings (SSSR count). The summed E-state index contributed by atoms with van der Waals surface area (Å²) in [6.45, 7) is 1.89. The number of aromatic nitrogens is 2. The van der Waals surface area contributed by atoms with Gasteiger partial charge in [0.1, 0.15) is 17.5 Å². The Bertz CT molecular complexity index is 555. The van der Waals surface area contributed by atoms with Gasteiger partial charge in [-0.05, 0) is 49.7 Å². The fourth-order valence-corrected chi connectivity index (χ4v) is 1.82. The predicted molar refractivity (Wildman–Crippen MR) is 68.6 cm³/mol. The van der Waals surface area contributed by atoms with Crippen molar-refractivity contribution in [2.24, 2.45) is 0 Å². The standard InChI is InChI=1S/C14H15F2N3/c1-9-7-18-14(19-8-9)13(17-2)6-10-5-11(15)3-4-12(10)16/h3-5,7-8,13,17H,6H2,1-2H3. The van der Waals surface area contributed by atoms with E-state index in [4.69, 9.17) is 0 Å². The van der Waals surface area contributed by atoms with Gasteiger partial charge in [-0.25, -0.2) is 18.7 Å². The predicted octanol–water partition coefficient (Wildman–Crippen LogP) is 2.57. The summed E-state index contributed by atoms with van der Waals surface area (Å²) in [6.07, 6.45) is 3.70. The number of hydrogen-bond acceptors (Lipinski definition) is 3. The molecule has 100 valence electrons. The number of nitrogens with one attached hydrogen (secondary N) is 1. The van der Waals surface area contributed by atoms with Crippen LogP contribution in [-0.4, -0.2) is 17.0 Å². The van der Waals surface area contributed by atoms with Gasteiger partial charge < -0.3 is 5.32 Å². The molecule has 1 aromatic heterocycles. The molecule has 0 bridgehead atoms. The third-order valence-electron chi connectivity index (χ3n) is 2.89. The number of aryl methyl sites for hydroxylation is 1. The Kier molecular flexibility index (Phi) is 4.16. The molecule has 1 N–H and O–H groups in total. The summed E-state index contributed by atoms with van der Waals surface area (Å²) in [5.41, 5.74) is 1.26. The highest BCUT2D eigenvalue weighted by Gasteiger charge is 2.15. The van der Waals surface area contributed by atoms with Crippen molar-refractivity contribution in [2.75, 3.05) is 7.05 Å². The van der Waals surface area contributed by atoms with Crippen LogP contribution in [0.25, 0.3) is 0 Å². The second kappa shape index (κ2) is 5.84. The molecule has 2 aromatic rings. The van der Waals surface area contributed by atoms with E-state index >= 15 is 0 Å². The summed E-state index contributed by atoms with van der Waals surface area (Å²) in [7, 11) is 1.74. The van der Waals surface area contributed by atoms with Crippen LogP contribution < -0.4 is 5.32 Å². The average molecular weight is 263 g/mol. The van der Waals surface area contributed by atoms with Crippen LogP contribution in [0.1, 0.15) is 23.0 Å². The number of hydrogen-bond donors (Lipinski definition) is 1. The normalized spacial score (nSPS) is 12.4. The van der Waals surface area contributed by atoms with Gasteiger partial charge in [-0.1, -0.05) is 0 Å². The molecule has 0 amide bonds. The first-order chi connectivity index (χ1) is 9.10. The first-order valence-electron chi connectivity index (χ1n) is 6.00. The molecule has 0 aliphatic rings. The zero-order valence-electron chi connectivity index (χ0n) is 10.8. The molecule has 0 spiro atoms. The van der Waals surface area contributed by atoms with Crippen molar-refractivity contribution in [3.63, 3.8) is 0 Å². The maximum atomic E-state index is 13.6. The summed E-state index contributed by atoms with van der Waals surface area (Å²) in [5.74, 6) is -0.304. The molecule has 1 aromatic carbocycles. The Balaban J connectivity index is 2.23. The van der Waals surface area contributed by atoms with Crippen LogP contribution in [0.2, 0.25) is 0 Å². The van der Waals surface area contributed by atoms with Crippen LogP contribution in [0.5, 0.6) is 0 Å². The van der Waals surface area contributed by atoms with E-state index in [0.717, 1.165) is 17.7 Å². The molecule has 0 saturated carbocycles. The lowest BCUT2D eigenvalue weighted by molar-refractivity contribution is 0.525. The Morgan fingerprint density at radius 2 is 1.89 bits per heavy atom. The lowest BCUT2D eigenvalue weighted by Crippen LogP contribution is -2.21. The number of likely N-dealkylation sites (N-methyl/N-ethyl adjacent to an activating group) is 1. The maximum absolute atomic E-state index is 13.6. The SMILES string of the molecule is CNC(Cc1cc(F)ccc1F)c1ncc(C)cn1. The van der Waals surface area contributed by atoms with Crippen LogP contribution in [-0.2, 0) is 6.42 Å². The number of halogens is 2. The summed E-state index contributed by atoms with van der Waals surface area (Å²) in [4.78, 5) is 8.42. The van der Waals surface area contributed by atoms with E-state index in [1.54, 1.807) is 19.4 Å². The van der Waals surface area contributed by atoms with Gasteiger partial charge in [0, 0.05) is 12.4 Å². The van der Waals surface area contributed by atoms with Crippen LogP contribution in [0.4, 0.5) is 8.78 Å². The van der Waals surface area contributed by atoms with Gasteiger partial charge in [-0.15, -0.1) is 0 Å². The molecule has 0 fully saturated rings. The van der Waals surface area contributed by atoms with Crippen molar-refractivity contribution >= 4 is 0 Å². The van der Waals surface area contributed by atoms with E-state index in [1.165, 1.54) is 6.07 Å². The number of benzene rings is 1. The Morgan fingerprint density at radius 3 is 2.53 bits per heavy atom. The van der Waals surface area contributed by atoms with Crippen molar-refractivity contribution in [1.29, 1.82) is 0 Å². The number of rotatable bonds is 4. The minimum Gasteiger partial charge on any atom is -0.310 e. The van der Waals surface area contributed by atoms with Gasteiger partial charge in [0.2, 0.25) is 0 Å². The molecule has 5 heteroatoms. The van der Waals surface area contributed by atoms with Crippen LogP contribution in [0, 0.1) is 18.6 Å². The molecule has 3 nitrogen and oxygen atoms in total. The van der Waals surface area contributed by atoms with E-state index in [9.17, 15) is 8.78 Å². The van der Waals surface area contributed by atoms with Crippen molar-refractivity contribution in [3.05, 3.63) is 59.2 Å². The van der Waals surface area contributed by atoms with E-state index in [1.807, 2.05) is 6.92 Å². The van der Waals surface area contributed by atoms with Gasteiger partial charge in [-0.2, -0.15) is 0 Å². The second-order valence-corrected chi connectivity index (χ2v) is 4.40. The molecule has 1 heterocycles. The van der Waals surface area contributed by atoms with E-state index in [-0.39, 0.29) is 6.04 Å². The van der Waals surface area contributed by atoms with E-state index in [2.05, 4.69) is 15.3 Å². The van der Waals surface area contributed by atoms with E-state index in [0.29, 0.717) is 17.8 Å². The molecule has 0 aliphatic heterocycles. The van der Waals surface area contributed by atoms with Crippen LogP contribution in [0.15, 0.2) is 30.6 Å². The Morgan fingerprint density at radius 1 is 1.21 bits per heavy atom. The highest BCUT2D eigenvalue weighted by Crippen LogP contribution is 2.18. The molecule has 1 atom stereocenters. The molecular weight excluding hydrogens is 248 g/mol. The second-order valence-electron chi connectivity index (χ2n) is 4.40. The average Bonchev–Trinajstić information content (AvgIpc) is 2.41.